The number of alkyl halides is 3. The number of fused-ring (bicyclic) bond motifs is 1. The molecule has 0 saturated carbocycles. The number of carbonyl (C=O) groups excluding carboxylic acids is 1. The number of aliphatic imine (C=N–C) groups is 1. The van der Waals surface area contributed by atoms with Gasteiger partial charge in [-0.2, -0.15) is 13.2 Å². The third-order valence-corrected chi connectivity index (χ3v) is 8.33. The van der Waals surface area contributed by atoms with E-state index in [4.69, 9.17) is 4.74 Å². The van der Waals surface area contributed by atoms with E-state index in [1.807, 2.05) is 0 Å². The van der Waals surface area contributed by atoms with Crippen LogP contribution in [-0.4, -0.2) is 75.8 Å². The number of nitrogens with zero attached hydrogens (tertiary/aromatic N) is 5. The third kappa shape index (κ3) is 6.46. The molecule has 0 spiro atoms. The van der Waals surface area contributed by atoms with Crippen molar-refractivity contribution in [3.63, 3.8) is 0 Å². The molecular weight excluding hydrogens is 652 g/mol. The van der Waals surface area contributed by atoms with Gasteiger partial charge >= 0.3 is 17.8 Å². The Kier molecular flexibility index (Phi) is 9.53. The van der Waals surface area contributed by atoms with Crippen LogP contribution in [0, 0.1) is 12.7 Å². The average molecular weight is 683 g/mol. The lowest BCUT2D eigenvalue weighted by atomic mass is 9.96. The van der Waals surface area contributed by atoms with Gasteiger partial charge in [0.05, 0.1) is 47.3 Å². The van der Waals surface area contributed by atoms with Crippen LogP contribution >= 0.6 is 0 Å². The predicted molar refractivity (Wildman–Crippen MR) is 174 cm³/mol. The number of rotatable bonds is 9. The first-order valence-electron chi connectivity index (χ1n) is 14.8. The molecule has 12 nitrogen and oxygen atoms in total. The van der Waals surface area contributed by atoms with Crippen molar-refractivity contribution in [3.8, 4) is 5.69 Å². The number of ether oxygens (including phenoxy) is 1. The zero-order chi connectivity index (χ0) is 35.8. The topological polar surface area (TPSA) is 148 Å². The molecule has 16 heteroatoms. The number of aliphatic carboxylic acids is 1. The van der Waals surface area contributed by atoms with Crippen LogP contribution in [0.2, 0.25) is 0 Å². The Labute approximate surface area is 275 Å². The first kappa shape index (κ1) is 34.7. The first-order chi connectivity index (χ1) is 23.2. The summed E-state index contributed by atoms with van der Waals surface area (Å²) < 4.78 is 63.3. The third-order valence-electron chi connectivity index (χ3n) is 8.33. The van der Waals surface area contributed by atoms with Crippen molar-refractivity contribution >= 4 is 46.9 Å². The van der Waals surface area contributed by atoms with Crippen LogP contribution in [-0.2, 0) is 23.0 Å². The van der Waals surface area contributed by atoms with Crippen molar-refractivity contribution in [1.82, 2.24) is 19.4 Å². The summed E-state index contributed by atoms with van der Waals surface area (Å²) in [4.78, 5) is 61.3. The van der Waals surface area contributed by atoms with Gasteiger partial charge in [0.2, 0.25) is 0 Å². The number of halogens is 4. The van der Waals surface area contributed by atoms with E-state index in [0.717, 1.165) is 15.5 Å². The summed E-state index contributed by atoms with van der Waals surface area (Å²) in [7, 11) is 1.46. The van der Waals surface area contributed by atoms with Crippen molar-refractivity contribution in [1.29, 1.82) is 0 Å². The molecule has 1 fully saturated rings. The maximum absolute atomic E-state index is 15.4. The summed E-state index contributed by atoms with van der Waals surface area (Å²) in [5.41, 5.74) is -1.16. The van der Waals surface area contributed by atoms with Crippen molar-refractivity contribution < 1.29 is 37.0 Å². The fourth-order valence-corrected chi connectivity index (χ4v) is 5.91. The zero-order valence-electron chi connectivity index (χ0n) is 26.3. The summed E-state index contributed by atoms with van der Waals surface area (Å²) >= 11 is 0. The van der Waals surface area contributed by atoms with E-state index in [0.29, 0.717) is 5.52 Å². The van der Waals surface area contributed by atoms with Gasteiger partial charge in [0.25, 0.3) is 11.5 Å². The molecule has 0 radical (unpaired) electrons. The van der Waals surface area contributed by atoms with E-state index in [9.17, 15) is 37.5 Å². The highest BCUT2D eigenvalue weighted by molar-refractivity contribution is 5.98. The number of nitrogens with one attached hydrogen (secondary N) is 1. The molecule has 2 aromatic carbocycles. The molecule has 256 valence electrons. The number of morpholine rings is 1. The Morgan fingerprint density at radius 2 is 1.98 bits per heavy atom. The molecule has 1 saturated heterocycles. The second-order valence-corrected chi connectivity index (χ2v) is 11.3. The highest BCUT2D eigenvalue weighted by Crippen LogP contribution is 2.34. The fourth-order valence-electron chi connectivity index (χ4n) is 5.91. The number of amides is 1. The van der Waals surface area contributed by atoms with Crippen LogP contribution in [0.15, 0.2) is 63.9 Å². The highest BCUT2D eigenvalue weighted by Gasteiger charge is 2.45. The summed E-state index contributed by atoms with van der Waals surface area (Å²) in [6, 6.07) is 2.65. The largest absolute Gasteiger partial charge is 0.480 e. The fraction of sp³-hybridized carbons (Fsp3) is 0.273. The Balaban J connectivity index is 1.48. The molecule has 2 aromatic heterocycles. The van der Waals surface area contributed by atoms with Gasteiger partial charge in [0, 0.05) is 37.5 Å². The lowest BCUT2D eigenvalue weighted by Crippen LogP contribution is -2.53. The number of anilines is 1. The number of hydrogen-bond donors (Lipinski definition) is 2. The Hall–Kier alpha value is -5.64. The smallest absolute Gasteiger partial charge is 0.411 e. The standard InChI is InChI=1S/C33H30F4N6O6/c1-5-20-18(6-7-24(28(20)38-3)43-30(45)21-8-9-39-15-25(21)41(4)32(43)48)13-23(31(46)47)40-29(44)27-17(2)12-19(14-22(27)34)42-10-11-49-16-26(42)33(35,36)37/h5-9,12,14-15,23,26H,1,3,10-11,13,16H2,2,4H3,(H,40,44)(H,46,47). The van der Waals surface area contributed by atoms with Gasteiger partial charge in [-0.1, -0.05) is 18.7 Å². The monoisotopic (exact) mass is 682 g/mol. The normalized spacial score (nSPS) is 15.6. The Morgan fingerprint density at radius 1 is 1.24 bits per heavy atom. The van der Waals surface area contributed by atoms with Crippen molar-refractivity contribution in [2.75, 3.05) is 24.7 Å². The van der Waals surface area contributed by atoms with E-state index >= 15 is 4.39 Å². The minimum Gasteiger partial charge on any atom is -0.480 e. The van der Waals surface area contributed by atoms with Crippen LogP contribution in [0.5, 0.6) is 0 Å². The molecule has 0 aliphatic carbocycles. The number of carboxylic acids is 1. The molecule has 1 aliphatic rings. The lowest BCUT2D eigenvalue weighted by Gasteiger charge is -2.38. The molecule has 1 aliphatic heterocycles. The van der Waals surface area contributed by atoms with E-state index < -0.39 is 59.4 Å². The summed E-state index contributed by atoms with van der Waals surface area (Å²) in [6.45, 7) is 7.83. The van der Waals surface area contributed by atoms with Crippen LogP contribution in [0.4, 0.5) is 28.9 Å². The number of carbonyl (C=O) groups is 2. The molecule has 3 heterocycles. The van der Waals surface area contributed by atoms with Crippen LogP contribution in [0.1, 0.15) is 27.0 Å². The predicted octanol–water partition coefficient (Wildman–Crippen LogP) is 3.70. The van der Waals surface area contributed by atoms with Crippen molar-refractivity contribution in [3.05, 3.63) is 98.2 Å². The van der Waals surface area contributed by atoms with E-state index in [1.165, 1.54) is 61.3 Å². The molecule has 4 aromatic rings. The van der Waals surface area contributed by atoms with Crippen molar-refractivity contribution in [2.24, 2.45) is 12.0 Å². The number of aromatic nitrogens is 3. The Bertz CT molecular complexity index is 2100. The highest BCUT2D eigenvalue weighted by atomic mass is 19.4. The Morgan fingerprint density at radius 3 is 2.61 bits per heavy atom. The minimum absolute atomic E-state index is 0.0140. The van der Waals surface area contributed by atoms with Gasteiger partial charge in [0.1, 0.15) is 17.9 Å². The zero-order valence-corrected chi connectivity index (χ0v) is 26.3. The van der Waals surface area contributed by atoms with E-state index in [2.05, 4.69) is 28.6 Å². The average Bonchev–Trinajstić information content (AvgIpc) is 3.06. The molecular formula is C33H30F4N6O6. The summed E-state index contributed by atoms with van der Waals surface area (Å²) in [5.74, 6) is -3.73. The lowest BCUT2D eigenvalue weighted by molar-refractivity contribution is -0.167. The molecule has 0 bridgehead atoms. The molecule has 1 amide bonds. The number of carboxylic acid groups (broad SMARTS) is 1. The van der Waals surface area contributed by atoms with Crippen LogP contribution in [0.3, 0.4) is 0 Å². The van der Waals surface area contributed by atoms with E-state index in [1.54, 1.807) is 0 Å². The quantitative estimate of drug-likeness (QED) is 0.201. The van der Waals surface area contributed by atoms with Crippen LogP contribution in [0.25, 0.3) is 22.7 Å². The number of aryl methyl sites for hydroxylation is 2. The van der Waals surface area contributed by atoms with Gasteiger partial charge in [-0.15, -0.1) is 0 Å². The van der Waals surface area contributed by atoms with Gasteiger partial charge in [-0.3, -0.25) is 24.1 Å². The molecule has 2 atom stereocenters. The van der Waals surface area contributed by atoms with Crippen LogP contribution < -0.4 is 21.5 Å². The molecule has 2 unspecified atom stereocenters. The number of pyridine rings is 1. The van der Waals surface area contributed by atoms with Gasteiger partial charge in [-0.05, 0) is 49.0 Å². The number of hydrogen-bond acceptors (Lipinski definition) is 8. The molecule has 49 heavy (non-hydrogen) atoms. The van der Waals surface area contributed by atoms with Gasteiger partial charge in [0.15, 0.2) is 0 Å². The minimum atomic E-state index is -4.66. The SMILES string of the molecule is C=Cc1c(CC(NC(=O)c2c(C)cc(N3CCOCC3C(F)(F)F)cc2F)C(=O)O)ccc(-n2c(=O)c3ccncc3n(C)c2=O)c1N=C. The summed E-state index contributed by atoms with van der Waals surface area (Å²) in [6.07, 6.45) is -0.924. The first-order valence-corrected chi connectivity index (χ1v) is 14.8. The molecule has 2 N–H and O–H groups in total. The second kappa shape index (κ2) is 13.5. The van der Waals surface area contributed by atoms with E-state index in [-0.39, 0.29) is 58.7 Å². The van der Waals surface area contributed by atoms with Crippen molar-refractivity contribution in [2.45, 2.75) is 31.6 Å². The maximum Gasteiger partial charge on any atom is 0.411 e. The van der Waals surface area contributed by atoms with Gasteiger partial charge in [-0.25, -0.2) is 18.5 Å². The maximum atomic E-state index is 15.4. The molecule has 5 rings (SSSR count). The second-order valence-electron chi connectivity index (χ2n) is 11.3. The summed E-state index contributed by atoms with van der Waals surface area (Å²) in [5, 5.41) is 12.5. The number of benzene rings is 2. The van der Waals surface area contributed by atoms with Gasteiger partial charge < -0.3 is 20.1 Å².